The first-order valence-corrected chi connectivity index (χ1v) is 13.2. The zero-order chi connectivity index (χ0) is 26.9. The predicted octanol–water partition coefficient (Wildman–Crippen LogP) is 3.55. The monoisotopic (exact) mass is 530 g/mol. The Kier molecular flexibility index (Phi) is 5.30. The molecule has 2 fully saturated rings. The predicted molar refractivity (Wildman–Crippen MR) is 136 cm³/mol. The molecule has 0 radical (unpaired) electrons. The molecule has 2 aromatic carbocycles. The second-order valence-electron chi connectivity index (χ2n) is 10.9. The zero-order valence-electron chi connectivity index (χ0n) is 21.4. The Hall–Kier alpha value is -4.21. The number of nitrogens with zero attached hydrogens (tertiary/aromatic N) is 4. The van der Waals surface area contributed by atoms with E-state index in [9.17, 15) is 18.8 Å². The van der Waals surface area contributed by atoms with E-state index in [-0.39, 0.29) is 31.0 Å². The largest absolute Gasteiger partial charge is 0.491 e. The Bertz CT molecular complexity index is 1530. The highest BCUT2D eigenvalue weighted by atomic mass is 19.1. The maximum absolute atomic E-state index is 14.0. The van der Waals surface area contributed by atoms with E-state index in [1.54, 1.807) is 21.8 Å². The van der Waals surface area contributed by atoms with Gasteiger partial charge in [0.15, 0.2) is 0 Å². The van der Waals surface area contributed by atoms with Crippen molar-refractivity contribution in [2.24, 2.45) is 13.0 Å². The zero-order valence-corrected chi connectivity index (χ0v) is 21.4. The van der Waals surface area contributed by atoms with Crippen LogP contribution in [0.5, 0.6) is 5.75 Å². The molecule has 1 spiro atoms. The van der Waals surface area contributed by atoms with Gasteiger partial charge in [0.05, 0.1) is 12.2 Å². The van der Waals surface area contributed by atoms with Crippen LogP contribution in [0.2, 0.25) is 0 Å². The summed E-state index contributed by atoms with van der Waals surface area (Å²) in [6.45, 7) is -0.00430. The number of amides is 3. The van der Waals surface area contributed by atoms with Crippen LogP contribution in [-0.2, 0) is 39.9 Å². The van der Waals surface area contributed by atoms with Gasteiger partial charge in [-0.15, -0.1) is 0 Å². The molecular formula is C29H27FN4O5. The average Bonchev–Trinajstić information content (AvgIpc) is 3.55. The highest BCUT2D eigenvalue weighted by molar-refractivity contribution is 6.06. The van der Waals surface area contributed by atoms with Crippen molar-refractivity contribution in [3.8, 4) is 16.9 Å². The minimum atomic E-state index is -1.42. The van der Waals surface area contributed by atoms with Crippen LogP contribution in [0.3, 0.4) is 0 Å². The fourth-order valence-electron chi connectivity index (χ4n) is 6.15. The molecule has 3 aromatic rings. The number of aryl methyl sites for hydroxylation is 2. The molecule has 2 aliphatic carbocycles. The van der Waals surface area contributed by atoms with E-state index < -0.39 is 30.0 Å². The minimum Gasteiger partial charge on any atom is -0.491 e. The topological polar surface area (TPSA) is 94.0 Å². The van der Waals surface area contributed by atoms with E-state index in [4.69, 9.17) is 9.47 Å². The molecule has 0 bridgehead atoms. The summed E-state index contributed by atoms with van der Waals surface area (Å²) in [5.41, 5.74) is 2.65. The molecule has 2 aliphatic heterocycles. The van der Waals surface area contributed by atoms with E-state index in [1.807, 2.05) is 31.4 Å². The van der Waals surface area contributed by atoms with Crippen LogP contribution in [0.15, 0.2) is 48.8 Å². The number of carbonyl (C=O) groups excluding carboxylic acids is 3. The van der Waals surface area contributed by atoms with Crippen LogP contribution >= 0.6 is 0 Å². The summed E-state index contributed by atoms with van der Waals surface area (Å²) < 4.78 is 27.4. The number of halogens is 1. The lowest BCUT2D eigenvalue weighted by molar-refractivity contribution is -0.143. The summed E-state index contributed by atoms with van der Waals surface area (Å²) in [6.07, 6.45) is 5.69. The SMILES string of the molecule is Cn1cc(-c2ccc3c(c2)CC[C@]32OC(=O)N(CC(=O)N3Cc4cc(F)ccc4OC[C@H]3C3CC3)C2=O)cn1. The molecule has 39 heavy (non-hydrogen) atoms. The molecule has 4 aliphatic rings. The Morgan fingerprint density at radius 2 is 1.97 bits per heavy atom. The molecule has 7 rings (SSSR count). The molecule has 1 saturated heterocycles. The highest BCUT2D eigenvalue weighted by Crippen LogP contribution is 2.46. The third kappa shape index (κ3) is 3.88. The van der Waals surface area contributed by atoms with Crippen LogP contribution in [0.25, 0.3) is 11.1 Å². The molecule has 1 aromatic heterocycles. The van der Waals surface area contributed by atoms with Crippen molar-refractivity contribution in [3.05, 3.63) is 71.3 Å². The van der Waals surface area contributed by atoms with Crippen LogP contribution in [0.1, 0.15) is 36.0 Å². The van der Waals surface area contributed by atoms with Crippen molar-refractivity contribution in [2.75, 3.05) is 13.2 Å². The van der Waals surface area contributed by atoms with E-state index in [0.717, 1.165) is 34.4 Å². The van der Waals surface area contributed by atoms with Gasteiger partial charge in [0.25, 0.3) is 5.91 Å². The molecule has 0 N–H and O–H groups in total. The third-order valence-electron chi connectivity index (χ3n) is 8.35. The normalized spacial score (nSPS) is 23.9. The summed E-state index contributed by atoms with van der Waals surface area (Å²) in [7, 11) is 1.85. The highest BCUT2D eigenvalue weighted by Gasteiger charge is 2.58. The van der Waals surface area contributed by atoms with Gasteiger partial charge >= 0.3 is 6.09 Å². The molecular weight excluding hydrogens is 503 g/mol. The van der Waals surface area contributed by atoms with E-state index in [2.05, 4.69) is 5.10 Å². The number of carbonyl (C=O) groups is 3. The number of rotatable bonds is 4. The van der Waals surface area contributed by atoms with Gasteiger partial charge in [-0.25, -0.2) is 14.1 Å². The summed E-state index contributed by atoms with van der Waals surface area (Å²) in [5, 5.41) is 4.22. The van der Waals surface area contributed by atoms with Gasteiger partial charge < -0.3 is 14.4 Å². The number of imide groups is 1. The number of hydrogen-bond acceptors (Lipinski definition) is 6. The van der Waals surface area contributed by atoms with Crippen LogP contribution in [0.4, 0.5) is 9.18 Å². The Morgan fingerprint density at radius 3 is 2.74 bits per heavy atom. The van der Waals surface area contributed by atoms with Gasteiger partial charge in [-0.3, -0.25) is 14.3 Å². The summed E-state index contributed by atoms with van der Waals surface area (Å²) in [6, 6.07) is 9.79. The number of hydrogen-bond donors (Lipinski definition) is 0. The lowest BCUT2D eigenvalue weighted by atomic mass is 9.93. The fourth-order valence-corrected chi connectivity index (χ4v) is 6.15. The van der Waals surface area contributed by atoms with E-state index in [1.165, 1.54) is 12.1 Å². The maximum atomic E-state index is 14.0. The third-order valence-corrected chi connectivity index (χ3v) is 8.35. The van der Waals surface area contributed by atoms with Crippen LogP contribution in [0, 0.1) is 11.7 Å². The smallest absolute Gasteiger partial charge is 0.418 e. The van der Waals surface area contributed by atoms with Gasteiger partial charge in [0.1, 0.15) is 24.7 Å². The van der Waals surface area contributed by atoms with E-state index in [0.29, 0.717) is 29.7 Å². The molecule has 3 heterocycles. The Labute approximate surface area is 224 Å². The lowest BCUT2D eigenvalue weighted by Crippen LogP contribution is -2.49. The minimum absolute atomic E-state index is 0.148. The Balaban J connectivity index is 1.14. The summed E-state index contributed by atoms with van der Waals surface area (Å²) in [5.74, 6) is -0.506. The van der Waals surface area contributed by atoms with Crippen molar-refractivity contribution < 1.29 is 28.2 Å². The number of benzene rings is 2. The number of fused-ring (bicyclic) bond motifs is 3. The van der Waals surface area contributed by atoms with Crippen molar-refractivity contribution in [3.63, 3.8) is 0 Å². The number of aromatic nitrogens is 2. The van der Waals surface area contributed by atoms with Gasteiger partial charge in [-0.1, -0.05) is 18.2 Å². The lowest BCUT2D eigenvalue weighted by Gasteiger charge is -2.30. The Morgan fingerprint density at radius 1 is 1.13 bits per heavy atom. The van der Waals surface area contributed by atoms with Crippen LogP contribution < -0.4 is 4.74 Å². The first-order chi connectivity index (χ1) is 18.8. The van der Waals surface area contributed by atoms with Crippen molar-refractivity contribution in [2.45, 2.75) is 43.9 Å². The van der Waals surface area contributed by atoms with Crippen molar-refractivity contribution in [1.82, 2.24) is 19.6 Å². The average molecular weight is 531 g/mol. The molecule has 200 valence electrons. The molecule has 2 atom stereocenters. The molecule has 0 unspecified atom stereocenters. The summed E-state index contributed by atoms with van der Waals surface area (Å²) >= 11 is 0. The quantitative estimate of drug-likeness (QED) is 0.512. The fraction of sp³-hybridized carbons (Fsp3) is 0.379. The first-order valence-electron chi connectivity index (χ1n) is 13.2. The first kappa shape index (κ1) is 23.9. The summed E-state index contributed by atoms with van der Waals surface area (Å²) in [4.78, 5) is 43.0. The molecule has 10 heteroatoms. The van der Waals surface area contributed by atoms with Crippen molar-refractivity contribution in [1.29, 1.82) is 0 Å². The molecule has 1 saturated carbocycles. The van der Waals surface area contributed by atoms with Gasteiger partial charge in [0.2, 0.25) is 11.5 Å². The van der Waals surface area contributed by atoms with Gasteiger partial charge in [-0.05, 0) is 54.5 Å². The number of ether oxygens (including phenoxy) is 2. The second kappa shape index (κ2) is 8.65. The van der Waals surface area contributed by atoms with Crippen molar-refractivity contribution >= 4 is 17.9 Å². The van der Waals surface area contributed by atoms with Crippen LogP contribution in [-0.4, -0.2) is 56.7 Å². The van der Waals surface area contributed by atoms with Gasteiger partial charge in [-0.2, -0.15) is 5.10 Å². The maximum Gasteiger partial charge on any atom is 0.418 e. The molecule has 9 nitrogen and oxygen atoms in total. The second-order valence-corrected chi connectivity index (χ2v) is 10.9. The van der Waals surface area contributed by atoms with E-state index >= 15 is 0 Å². The standard InChI is InChI=1S/C29H27FN4O5/c1-32-13-21(12-31-32)18-4-6-23-19(10-18)8-9-29(23)27(36)34(28(37)39-29)15-26(35)33-14-20-11-22(30)5-7-25(20)38-16-24(33)17-2-3-17/h4-7,10-13,17,24H,2-3,8-9,14-16H2,1H3/t24-,29-/m0/s1. The molecule has 3 amide bonds. The van der Waals surface area contributed by atoms with Gasteiger partial charge in [0, 0.05) is 42.9 Å².